The molecule has 3 heterocycles. The second-order valence-corrected chi connectivity index (χ2v) is 9.13. The Labute approximate surface area is 189 Å². The molecule has 1 aromatic heterocycles. The average molecular weight is 441 g/mol. The average Bonchev–Trinajstić information content (AvgIpc) is 3.20. The Bertz CT molecular complexity index is 996. The van der Waals surface area contributed by atoms with Crippen LogP contribution in [-0.4, -0.2) is 66.4 Å². The van der Waals surface area contributed by atoms with E-state index in [0.29, 0.717) is 38.7 Å². The van der Waals surface area contributed by atoms with Gasteiger partial charge in [0.05, 0.1) is 12.3 Å². The molecule has 172 valence electrons. The van der Waals surface area contributed by atoms with E-state index in [-0.39, 0.29) is 6.09 Å². The summed E-state index contributed by atoms with van der Waals surface area (Å²) in [5, 5.41) is 6.42. The molecule has 2 N–H and O–H groups in total. The first kappa shape index (κ1) is 22.0. The van der Waals surface area contributed by atoms with Crippen molar-refractivity contribution in [3.05, 3.63) is 29.5 Å². The summed E-state index contributed by atoms with van der Waals surface area (Å²) < 4.78 is 11.5. The number of piperazine rings is 1. The molecule has 0 radical (unpaired) electrons. The molecule has 2 aliphatic heterocycles. The summed E-state index contributed by atoms with van der Waals surface area (Å²) in [6.07, 6.45) is 0.609. The lowest BCUT2D eigenvalue weighted by Crippen LogP contribution is -2.50. The first-order valence-electron chi connectivity index (χ1n) is 11.0. The fourth-order valence-electron chi connectivity index (χ4n) is 3.93. The first-order valence-corrected chi connectivity index (χ1v) is 11.0. The zero-order valence-electron chi connectivity index (χ0n) is 19.5. The summed E-state index contributed by atoms with van der Waals surface area (Å²) in [6, 6.07) is 6.09. The van der Waals surface area contributed by atoms with Crippen molar-refractivity contribution in [2.75, 3.05) is 55.4 Å². The Hall–Kier alpha value is -3.23. The van der Waals surface area contributed by atoms with E-state index < -0.39 is 5.60 Å². The van der Waals surface area contributed by atoms with Gasteiger partial charge in [-0.15, -0.1) is 0 Å². The summed E-state index contributed by atoms with van der Waals surface area (Å²) in [5.74, 6) is 2.25. The van der Waals surface area contributed by atoms with Gasteiger partial charge in [0.25, 0.3) is 0 Å². The number of carbonyl (C=O) groups is 1. The molecule has 0 saturated carbocycles. The van der Waals surface area contributed by atoms with Crippen LogP contribution in [0.25, 0.3) is 0 Å². The van der Waals surface area contributed by atoms with Crippen LogP contribution in [0.5, 0.6) is 5.75 Å². The normalized spacial score (nSPS) is 15.8. The van der Waals surface area contributed by atoms with Crippen LogP contribution in [0, 0.1) is 6.92 Å². The van der Waals surface area contributed by atoms with E-state index in [2.05, 4.69) is 37.6 Å². The molecule has 9 heteroatoms. The number of nitrogens with zero attached hydrogens (tertiary/aromatic N) is 4. The van der Waals surface area contributed by atoms with Gasteiger partial charge in [0, 0.05) is 62.7 Å². The fourth-order valence-corrected chi connectivity index (χ4v) is 3.93. The van der Waals surface area contributed by atoms with Crippen LogP contribution in [-0.2, 0) is 11.2 Å². The van der Waals surface area contributed by atoms with E-state index >= 15 is 0 Å². The molecule has 9 nitrogen and oxygen atoms in total. The third kappa shape index (κ3) is 4.98. The maximum Gasteiger partial charge on any atom is 0.410 e. The predicted octanol–water partition coefficient (Wildman–Crippen LogP) is 3.56. The Morgan fingerprint density at radius 1 is 1.12 bits per heavy atom. The van der Waals surface area contributed by atoms with E-state index in [1.807, 2.05) is 40.8 Å². The van der Waals surface area contributed by atoms with Gasteiger partial charge in [0.15, 0.2) is 0 Å². The molecule has 0 unspecified atom stereocenters. The van der Waals surface area contributed by atoms with Crippen LogP contribution in [0.3, 0.4) is 0 Å². The molecule has 4 rings (SSSR count). The van der Waals surface area contributed by atoms with Crippen LogP contribution >= 0.6 is 0 Å². The number of hydrogen-bond donors (Lipinski definition) is 2. The Morgan fingerprint density at radius 2 is 1.88 bits per heavy atom. The lowest BCUT2D eigenvalue weighted by molar-refractivity contribution is 0.0240. The number of aryl methyl sites for hydroxylation is 1. The van der Waals surface area contributed by atoms with E-state index in [9.17, 15) is 4.79 Å². The molecule has 1 amide bonds. The van der Waals surface area contributed by atoms with Crippen molar-refractivity contribution in [1.82, 2.24) is 14.9 Å². The van der Waals surface area contributed by atoms with Gasteiger partial charge in [-0.1, -0.05) is 0 Å². The van der Waals surface area contributed by atoms with Crippen LogP contribution in [0.15, 0.2) is 18.2 Å². The number of carbonyl (C=O) groups excluding carboxylic acids is 1. The number of nitrogens with one attached hydrogen (secondary N) is 2. The number of rotatable bonds is 4. The summed E-state index contributed by atoms with van der Waals surface area (Å²) in [5.41, 5.74) is 3.52. The zero-order valence-corrected chi connectivity index (χ0v) is 19.5. The lowest BCUT2D eigenvalue weighted by atomic mass is 10.1. The van der Waals surface area contributed by atoms with Gasteiger partial charge in [0.2, 0.25) is 5.95 Å². The monoisotopic (exact) mass is 440 g/mol. The molecule has 1 fully saturated rings. The van der Waals surface area contributed by atoms with Gasteiger partial charge in [0.1, 0.15) is 17.2 Å². The van der Waals surface area contributed by atoms with Crippen molar-refractivity contribution in [3.8, 4) is 5.75 Å². The topological polar surface area (TPSA) is 91.9 Å². The van der Waals surface area contributed by atoms with Crippen LogP contribution < -0.4 is 20.3 Å². The van der Waals surface area contributed by atoms with Crippen molar-refractivity contribution in [2.24, 2.45) is 0 Å². The number of hydrogen-bond acceptors (Lipinski definition) is 8. The van der Waals surface area contributed by atoms with Crippen LogP contribution in [0.1, 0.15) is 32.0 Å². The highest BCUT2D eigenvalue weighted by Crippen LogP contribution is 2.40. The number of benzene rings is 1. The molecule has 2 aliphatic rings. The van der Waals surface area contributed by atoms with Gasteiger partial charge < -0.3 is 29.9 Å². The minimum absolute atomic E-state index is 0.258. The Kier molecular flexibility index (Phi) is 5.99. The molecule has 0 aliphatic carbocycles. The third-order valence-electron chi connectivity index (χ3n) is 5.40. The van der Waals surface area contributed by atoms with Gasteiger partial charge in [-0.05, 0) is 39.8 Å². The highest BCUT2D eigenvalue weighted by molar-refractivity contribution is 5.73. The number of ether oxygens (including phenoxy) is 2. The molecule has 0 bridgehead atoms. The number of anilines is 4. The van der Waals surface area contributed by atoms with E-state index in [4.69, 9.17) is 9.47 Å². The molecule has 1 aromatic carbocycles. The van der Waals surface area contributed by atoms with Gasteiger partial charge in [-0.3, -0.25) is 0 Å². The summed E-state index contributed by atoms with van der Waals surface area (Å²) in [6.45, 7) is 10.9. The first-order chi connectivity index (χ1) is 15.2. The van der Waals surface area contributed by atoms with Crippen LogP contribution in [0.2, 0.25) is 0 Å². The quantitative estimate of drug-likeness (QED) is 0.746. The summed E-state index contributed by atoms with van der Waals surface area (Å²) in [4.78, 5) is 25.5. The summed E-state index contributed by atoms with van der Waals surface area (Å²) in [7, 11) is 1.84. The number of amides is 1. The van der Waals surface area contributed by atoms with E-state index in [1.165, 1.54) is 5.56 Å². The highest BCUT2D eigenvalue weighted by Gasteiger charge is 2.29. The predicted molar refractivity (Wildman–Crippen MR) is 125 cm³/mol. The molecule has 2 aromatic rings. The number of fused-ring (bicyclic) bond motifs is 1. The largest absolute Gasteiger partial charge is 0.491 e. The molecule has 0 spiro atoms. The SMILES string of the molecule is CNc1cc(C)nc(Nc2cc3c(c(N4CCN(C(=O)OC(C)(C)C)CC4)c2)OCC3)n1. The minimum Gasteiger partial charge on any atom is -0.491 e. The van der Waals surface area contributed by atoms with Crippen molar-refractivity contribution in [2.45, 2.75) is 39.7 Å². The molecular formula is C23H32N6O3. The summed E-state index contributed by atoms with van der Waals surface area (Å²) >= 11 is 0. The maximum absolute atomic E-state index is 12.4. The molecule has 32 heavy (non-hydrogen) atoms. The Morgan fingerprint density at radius 3 is 2.56 bits per heavy atom. The van der Waals surface area contributed by atoms with Crippen molar-refractivity contribution < 1.29 is 14.3 Å². The zero-order chi connectivity index (χ0) is 22.9. The Balaban J connectivity index is 1.52. The maximum atomic E-state index is 12.4. The smallest absolute Gasteiger partial charge is 0.410 e. The van der Waals surface area contributed by atoms with E-state index in [1.54, 1.807) is 4.90 Å². The van der Waals surface area contributed by atoms with Crippen molar-refractivity contribution in [3.63, 3.8) is 0 Å². The number of aromatic nitrogens is 2. The van der Waals surface area contributed by atoms with Crippen molar-refractivity contribution >= 4 is 29.2 Å². The van der Waals surface area contributed by atoms with Crippen LogP contribution in [0.4, 0.5) is 27.9 Å². The van der Waals surface area contributed by atoms with Crippen molar-refractivity contribution in [1.29, 1.82) is 0 Å². The van der Waals surface area contributed by atoms with Gasteiger partial charge >= 0.3 is 6.09 Å². The highest BCUT2D eigenvalue weighted by atomic mass is 16.6. The lowest BCUT2D eigenvalue weighted by Gasteiger charge is -2.37. The fraction of sp³-hybridized carbons (Fsp3) is 0.522. The van der Waals surface area contributed by atoms with Gasteiger partial charge in [-0.25, -0.2) is 9.78 Å². The molecule has 1 saturated heterocycles. The van der Waals surface area contributed by atoms with Gasteiger partial charge in [-0.2, -0.15) is 4.98 Å². The minimum atomic E-state index is -0.492. The standard InChI is InChI=1S/C23H32N6O3/c1-15-12-19(24-5)27-21(25-15)26-17-13-16-6-11-31-20(16)18(14-17)28-7-9-29(10-8-28)22(30)32-23(2,3)4/h12-14H,6-11H2,1-5H3,(H2,24,25,26,27). The second kappa shape index (κ2) is 8.72. The molecule has 0 atom stereocenters. The molecular weight excluding hydrogens is 408 g/mol. The second-order valence-electron chi connectivity index (χ2n) is 9.13. The third-order valence-corrected chi connectivity index (χ3v) is 5.40. The van der Waals surface area contributed by atoms with E-state index in [0.717, 1.165) is 35.1 Å².